The fraction of sp³-hybridized carbons (Fsp3) is 0.524. The van der Waals surface area contributed by atoms with E-state index in [0.717, 1.165) is 36.6 Å². The molecule has 1 heterocycles. The first kappa shape index (κ1) is 20.5. The van der Waals surface area contributed by atoms with Crippen LogP contribution in [-0.4, -0.2) is 41.2 Å². The quantitative estimate of drug-likeness (QED) is 0.356. The van der Waals surface area contributed by atoms with Crippen LogP contribution in [0.4, 0.5) is 0 Å². The van der Waals surface area contributed by atoms with Gasteiger partial charge < -0.3 is 9.47 Å². The first-order valence-corrected chi connectivity index (χ1v) is 10.8. The molecule has 1 aliphatic rings. The molecule has 0 saturated carbocycles. The van der Waals surface area contributed by atoms with Crippen LogP contribution in [0, 0.1) is 11.3 Å². The summed E-state index contributed by atoms with van der Waals surface area (Å²) in [6.07, 6.45) is 4.60. The van der Waals surface area contributed by atoms with Gasteiger partial charge in [0, 0.05) is 12.3 Å². The lowest BCUT2D eigenvalue weighted by atomic mass is 10.0. The number of nitrogens with zero attached hydrogens (tertiary/aromatic N) is 2. The molecule has 1 aromatic rings. The van der Waals surface area contributed by atoms with Crippen LogP contribution >= 0.6 is 10.7 Å². The summed E-state index contributed by atoms with van der Waals surface area (Å²) in [5.41, 5.74) is 0.634. The number of rotatable bonds is 9. The summed E-state index contributed by atoms with van der Waals surface area (Å²) in [4.78, 5) is 0. The topological polar surface area (TPSA) is 45.5 Å². The zero-order valence-corrected chi connectivity index (χ0v) is 16.8. The highest BCUT2D eigenvalue weighted by atomic mass is 32.2. The molecule has 0 N–H and O–H groups in total. The van der Waals surface area contributed by atoms with Crippen LogP contribution in [0.1, 0.15) is 45.1 Å². The highest BCUT2D eigenvalue weighted by Gasteiger charge is 2.27. The second-order valence-corrected chi connectivity index (χ2v) is 8.39. The Kier molecular flexibility index (Phi) is 8.73. The fourth-order valence-electron chi connectivity index (χ4n) is 3.21. The molecule has 2 atom stereocenters. The summed E-state index contributed by atoms with van der Waals surface area (Å²) in [6, 6.07) is 9.81. The summed E-state index contributed by atoms with van der Waals surface area (Å²) in [5, 5.41) is 11.3. The normalized spacial score (nSPS) is 18.9. The van der Waals surface area contributed by atoms with Gasteiger partial charge in [-0.1, -0.05) is 19.1 Å². The summed E-state index contributed by atoms with van der Waals surface area (Å²) >= 11 is 0. The molecule has 1 fully saturated rings. The molecule has 0 aliphatic carbocycles. The van der Waals surface area contributed by atoms with Gasteiger partial charge in [-0.05, 0) is 56.7 Å². The number of benzene rings is 1. The number of nitriles is 1. The van der Waals surface area contributed by atoms with Crippen LogP contribution in [0.25, 0.3) is 0 Å². The van der Waals surface area contributed by atoms with E-state index in [4.69, 9.17) is 14.7 Å². The van der Waals surface area contributed by atoms with E-state index in [1.54, 1.807) is 12.1 Å². The van der Waals surface area contributed by atoms with E-state index in [0.29, 0.717) is 24.8 Å². The maximum Gasteiger partial charge on any atom is 0.120 e. The van der Waals surface area contributed by atoms with Crippen molar-refractivity contribution in [1.29, 1.82) is 5.26 Å². The molecule has 1 aromatic carbocycles. The molecule has 1 saturated heterocycles. The zero-order valence-electron chi connectivity index (χ0n) is 15.9. The van der Waals surface area contributed by atoms with Crippen LogP contribution in [0.15, 0.2) is 36.6 Å². The van der Waals surface area contributed by atoms with Crippen molar-refractivity contribution in [2.24, 2.45) is 0 Å². The van der Waals surface area contributed by atoms with E-state index in [1.807, 2.05) is 19.1 Å². The average molecular weight is 375 g/mol. The van der Waals surface area contributed by atoms with Crippen molar-refractivity contribution in [1.82, 2.24) is 4.31 Å². The summed E-state index contributed by atoms with van der Waals surface area (Å²) in [6.45, 7) is 10.8. The van der Waals surface area contributed by atoms with Gasteiger partial charge in [0.05, 0.1) is 30.9 Å². The minimum Gasteiger partial charge on any atom is -0.497 e. The van der Waals surface area contributed by atoms with Gasteiger partial charge in [0.2, 0.25) is 0 Å². The standard InChI is InChI=1S/C21H30N2O2S/c1-4-24-18(3)21-12-6-7-13-23(21)26(5-2)15-9-14-25-20-11-8-10-19(16-20)17-22/h5,8,10-11,16,21H,3-4,6-7,9,12-15H2,1-2H3. The smallest absolute Gasteiger partial charge is 0.120 e. The Balaban J connectivity index is 1.87. The number of hydrogen-bond donors (Lipinski definition) is 0. The molecule has 2 unspecified atom stereocenters. The molecule has 1 aliphatic heterocycles. The van der Waals surface area contributed by atoms with Gasteiger partial charge in [-0.25, -0.2) is 4.31 Å². The Labute approximate surface area is 160 Å². The van der Waals surface area contributed by atoms with E-state index < -0.39 is 0 Å². The summed E-state index contributed by atoms with van der Waals surface area (Å²) in [7, 11) is 0.0992. The van der Waals surface area contributed by atoms with Crippen molar-refractivity contribution in [2.45, 2.75) is 45.6 Å². The average Bonchev–Trinajstić information content (AvgIpc) is 2.68. The molecule has 0 aromatic heterocycles. The van der Waals surface area contributed by atoms with E-state index in [9.17, 15) is 0 Å². The number of piperidine rings is 1. The Hall–Kier alpha value is -1.77. The first-order chi connectivity index (χ1) is 12.7. The molecule has 26 heavy (non-hydrogen) atoms. The van der Waals surface area contributed by atoms with Gasteiger partial charge in [0.25, 0.3) is 0 Å². The highest BCUT2D eigenvalue weighted by Crippen LogP contribution is 2.33. The van der Waals surface area contributed by atoms with E-state index in [-0.39, 0.29) is 10.7 Å². The Morgan fingerprint density at radius 1 is 1.46 bits per heavy atom. The van der Waals surface area contributed by atoms with Crippen molar-refractivity contribution in [3.05, 3.63) is 42.2 Å². The minimum absolute atomic E-state index is 0.0992. The van der Waals surface area contributed by atoms with Crippen molar-refractivity contribution < 1.29 is 9.47 Å². The van der Waals surface area contributed by atoms with Gasteiger partial charge in [-0.15, -0.1) is 10.7 Å². The lowest BCUT2D eigenvalue weighted by Crippen LogP contribution is -2.38. The monoisotopic (exact) mass is 374 g/mol. The molecule has 0 radical (unpaired) electrons. The maximum atomic E-state index is 8.96. The second-order valence-electron chi connectivity index (χ2n) is 6.23. The third-order valence-corrected chi connectivity index (χ3v) is 6.75. The Morgan fingerprint density at radius 2 is 2.31 bits per heavy atom. The van der Waals surface area contributed by atoms with Crippen molar-refractivity contribution >= 4 is 16.0 Å². The zero-order chi connectivity index (χ0) is 18.8. The highest BCUT2D eigenvalue weighted by molar-refractivity contribution is 8.12. The third-order valence-electron chi connectivity index (χ3n) is 4.46. The van der Waals surface area contributed by atoms with Crippen LogP contribution in [0.5, 0.6) is 5.75 Å². The van der Waals surface area contributed by atoms with Gasteiger partial charge in [-0.3, -0.25) is 0 Å². The molecule has 4 nitrogen and oxygen atoms in total. The van der Waals surface area contributed by atoms with Crippen LogP contribution in [-0.2, 0) is 4.74 Å². The Morgan fingerprint density at radius 3 is 3.04 bits per heavy atom. The van der Waals surface area contributed by atoms with E-state index >= 15 is 0 Å². The van der Waals surface area contributed by atoms with Crippen LogP contribution in [0.2, 0.25) is 0 Å². The second kappa shape index (κ2) is 11.1. The molecular formula is C21H30N2O2S. The maximum absolute atomic E-state index is 8.96. The number of hydrogen-bond acceptors (Lipinski definition) is 4. The lowest BCUT2D eigenvalue weighted by molar-refractivity contribution is 0.159. The van der Waals surface area contributed by atoms with Crippen LogP contribution < -0.4 is 4.74 Å². The van der Waals surface area contributed by atoms with Crippen molar-refractivity contribution in [3.63, 3.8) is 0 Å². The molecular weight excluding hydrogens is 344 g/mol. The molecule has 142 valence electrons. The summed E-state index contributed by atoms with van der Waals surface area (Å²) in [5.74, 6) is 2.76. The largest absolute Gasteiger partial charge is 0.497 e. The predicted octanol–water partition coefficient (Wildman–Crippen LogP) is 4.74. The van der Waals surface area contributed by atoms with Gasteiger partial charge >= 0.3 is 0 Å². The SMILES string of the molecule is C=C(OCC)C1CCCCN1/S(=C\C)CCCOc1cccc(C#N)c1. The molecule has 0 bridgehead atoms. The van der Waals surface area contributed by atoms with Crippen molar-refractivity contribution in [2.75, 3.05) is 25.5 Å². The van der Waals surface area contributed by atoms with Crippen LogP contribution in [0.3, 0.4) is 0 Å². The van der Waals surface area contributed by atoms with E-state index in [2.05, 4.69) is 29.2 Å². The van der Waals surface area contributed by atoms with Crippen molar-refractivity contribution in [3.8, 4) is 11.8 Å². The molecule has 5 heteroatoms. The van der Waals surface area contributed by atoms with Gasteiger partial charge in [-0.2, -0.15) is 5.26 Å². The van der Waals surface area contributed by atoms with E-state index in [1.165, 1.54) is 12.8 Å². The first-order valence-electron chi connectivity index (χ1n) is 9.40. The van der Waals surface area contributed by atoms with Gasteiger partial charge in [0.15, 0.2) is 0 Å². The van der Waals surface area contributed by atoms with Gasteiger partial charge in [0.1, 0.15) is 11.5 Å². The third kappa shape index (κ3) is 5.89. The number of ether oxygens (including phenoxy) is 2. The fourth-order valence-corrected chi connectivity index (χ4v) is 5.28. The predicted molar refractivity (Wildman–Crippen MR) is 111 cm³/mol. The minimum atomic E-state index is 0.0992. The molecule has 0 spiro atoms. The molecule has 2 rings (SSSR count). The Bertz CT molecular complexity index is 666. The summed E-state index contributed by atoms with van der Waals surface area (Å²) < 4.78 is 14.1. The lowest BCUT2D eigenvalue weighted by Gasteiger charge is -2.38. The molecule has 0 amide bonds.